The lowest BCUT2D eigenvalue weighted by Gasteiger charge is -2.20. The Kier molecular flexibility index (Phi) is 7.07. The van der Waals surface area contributed by atoms with E-state index in [4.69, 9.17) is 4.74 Å². The summed E-state index contributed by atoms with van der Waals surface area (Å²) < 4.78 is 5.46. The van der Waals surface area contributed by atoms with Crippen molar-refractivity contribution >= 4 is 18.0 Å². The van der Waals surface area contributed by atoms with Crippen LogP contribution < -0.4 is 10.6 Å². The molecule has 2 atom stereocenters. The first-order chi connectivity index (χ1) is 15.0. The maximum atomic E-state index is 12.4. The summed E-state index contributed by atoms with van der Waals surface area (Å²) in [4.78, 5) is 36.0. The van der Waals surface area contributed by atoms with Crippen LogP contribution in [0.25, 0.3) is 11.1 Å². The van der Waals surface area contributed by atoms with Gasteiger partial charge in [0.15, 0.2) is 0 Å². The molecular weight excluding hydrogens is 396 g/mol. The lowest BCUT2D eigenvalue weighted by Crippen LogP contribution is -2.51. The Hall–Kier alpha value is -3.61. The van der Waals surface area contributed by atoms with Gasteiger partial charge >= 0.3 is 12.1 Å². The van der Waals surface area contributed by atoms with Crippen LogP contribution in [0.3, 0.4) is 0 Å². The maximum Gasteiger partial charge on any atom is 0.407 e. The molecule has 0 radical (unpaired) electrons. The molecule has 2 aromatic rings. The fourth-order valence-electron chi connectivity index (χ4n) is 3.80. The van der Waals surface area contributed by atoms with Crippen molar-refractivity contribution in [3.05, 3.63) is 72.3 Å². The second kappa shape index (κ2) is 9.93. The molecule has 0 spiro atoms. The average Bonchev–Trinajstić information content (AvgIpc) is 3.09. The number of fused-ring (bicyclic) bond motifs is 3. The Balaban J connectivity index is 1.62. The van der Waals surface area contributed by atoms with Gasteiger partial charge in [-0.25, -0.2) is 9.59 Å². The van der Waals surface area contributed by atoms with Crippen LogP contribution in [-0.2, 0) is 14.3 Å². The molecule has 2 amide bonds. The number of aliphatic carboxylic acids is 1. The number of amides is 2. The number of carbonyl (C=O) groups excluding carboxylic acids is 2. The monoisotopic (exact) mass is 422 g/mol. The smallest absolute Gasteiger partial charge is 0.407 e. The topological polar surface area (TPSA) is 105 Å². The van der Waals surface area contributed by atoms with Gasteiger partial charge in [-0.05, 0) is 35.1 Å². The molecule has 7 heteroatoms. The lowest BCUT2D eigenvalue weighted by molar-refractivity contribution is -0.142. The molecule has 0 bridgehead atoms. The third-order valence-corrected chi connectivity index (χ3v) is 5.38. The summed E-state index contributed by atoms with van der Waals surface area (Å²) in [5.41, 5.74) is 4.43. The van der Waals surface area contributed by atoms with Gasteiger partial charge in [0, 0.05) is 5.92 Å². The van der Waals surface area contributed by atoms with Gasteiger partial charge in [-0.15, -0.1) is 6.58 Å². The minimum absolute atomic E-state index is 0.0858. The van der Waals surface area contributed by atoms with Gasteiger partial charge in [0.1, 0.15) is 18.7 Å². The zero-order valence-corrected chi connectivity index (χ0v) is 17.3. The van der Waals surface area contributed by atoms with E-state index in [2.05, 4.69) is 17.2 Å². The van der Waals surface area contributed by atoms with Crippen molar-refractivity contribution in [3.8, 4) is 11.1 Å². The van der Waals surface area contributed by atoms with E-state index in [-0.39, 0.29) is 25.4 Å². The molecule has 31 heavy (non-hydrogen) atoms. The highest BCUT2D eigenvalue weighted by Gasteiger charge is 2.30. The number of carbonyl (C=O) groups is 3. The molecule has 2 aromatic carbocycles. The minimum Gasteiger partial charge on any atom is -0.480 e. The fraction of sp³-hybridized carbons (Fsp3) is 0.292. The van der Waals surface area contributed by atoms with Crippen LogP contribution in [0.4, 0.5) is 4.79 Å². The van der Waals surface area contributed by atoms with Crippen LogP contribution in [0.2, 0.25) is 0 Å². The van der Waals surface area contributed by atoms with Gasteiger partial charge < -0.3 is 20.5 Å². The van der Waals surface area contributed by atoms with Crippen molar-refractivity contribution in [3.63, 3.8) is 0 Å². The van der Waals surface area contributed by atoms with Crippen molar-refractivity contribution in [1.82, 2.24) is 10.6 Å². The molecule has 2 unspecified atom stereocenters. The van der Waals surface area contributed by atoms with Gasteiger partial charge in [-0.3, -0.25) is 4.79 Å². The Labute approximate surface area is 181 Å². The number of carboxylic acid groups (broad SMARTS) is 1. The molecule has 0 aromatic heterocycles. The molecule has 3 N–H and O–H groups in total. The van der Waals surface area contributed by atoms with E-state index in [9.17, 15) is 19.5 Å². The van der Waals surface area contributed by atoms with Crippen molar-refractivity contribution in [1.29, 1.82) is 0 Å². The number of benzene rings is 2. The second-order valence-electron chi connectivity index (χ2n) is 7.35. The van der Waals surface area contributed by atoms with Crippen LogP contribution >= 0.6 is 0 Å². The van der Waals surface area contributed by atoms with Crippen LogP contribution in [-0.4, -0.2) is 41.8 Å². The van der Waals surface area contributed by atoms with Crippen molar-refractivity contribution in [2.24, 2.45) is 0 Å². The zero-order valence-electron chi connectivity index (χ0n) is 17.3. The standard InChI is InChI=1S/C24H26N2O5/c1-3-9-21(23(28)29)25-22(27)20(4-2)26-24(30)31-14-19-17-12-7-5-10-15(17)16-11-6-8-13-18(16)19/h3,5-8,10-13,19-21H,1,4,9,14H2,2H3,(H,25,27)(H,26,30)(H,28,29). The Morgan fingerprint density at radius 1 is 1.03 bits per heavy atom. The highest BCUT2D eigenvalue weighted by Crippen LogP contribution is 2.44. The Bertz CT molecular complexity index is 942. The number of rotatable bonds is 9. The normalized spacial score (nSPS) is 14.0. The van der Waals surface area contributed by atoms with Gasteiger partial charge in [0.05, 0.1) is 0 Å². The summed E-state index contributed by atoms with van der Waals surface area (Å²) in [5.74, 6) is -1.83. The van der Waals surface area contributed by atoms with Gasteiger partial charge in [-0.1, -0.05) is 61.5 Å². The molecule has 3 rings (SSSR count). The van der Waals surface area contributed by atoms with E-state index < -0.39 is 30.1 Å². The van der Waals surface area contributed by atoms with Crippen molar-refractivity contribution in [2.75, 3.05) is 6.61 Å². The van der Waals surface area contributed by atoms with Gasteiger partial charge in [0.2, 0.25) is 5.91 Å². The summed E-state index contributed by atoms with van der Waals surface area (Å²) >= 11 is 0. The predicted molar refractivity (Wildman–Crippen MR) is 117 cm³/mol. The summed E-state index contributed by atoms with van der Waals surface area (Å²) in [6.07, 6.45) is 1.07. The van der Waals surface area contributed by atoms with Crippen LogP contribution in [0.1, 0.15) is 36.8 Å². The number of carboxylic acids is 1. The van der Waals surface area contributed by atoms with Crippen LogP contribution in [0.5, 0.6) is 0 Å². The minimum atomic E-state index is -1.16. The summed E-state index contributed by atoms with van der Waals surface area (Å²) in [6.45, 7) is 5.34. The first kappa shape index (κ1) is 22.1. The van der Waals surface area contributed by atoms with Crippen molar-refractivity contribution < 1.29 is 24.2 Å². The summed E-state index contributed by atoms with van der Waals surface area (Å²) in [6, 6.07) is 14.0. The predicted octanol–water partition coefficient (Wildman–Crippen LogP) is 3.45. The largest absolute Gasteiger partial charge is 0.480 e. The highest BCUT2D eigenvalue weighted by atomic mass is 16.5. The SMILES string of the molecule is C=CCC(NC(=O)C(CC)NC(=O)OCC1c2ccccc2-c2ccccc21)C(=O)O. The van der Waals surface area contributed by atoms with Crippen molar-refractivity contribution in [2.45, 2.75) is 37.8 Å². The van der Waals surface area contributed by atoms with Gasteiger partial charge in [0.25, 0.3) is 0 Å². The average molecular weight is 422 g/mol. The molecule has 1 aliphatic carbocycles. The van der Waals surface area contributed by atoms with Gasteiger partial charge in [-0.2, -0.15) is 0 Å². The molecule has 0 aliphatic heterocycles. The first-order valence-electron chi connectivity index (χ1n) is 10.2. The number of alkyl carbamates (subject to hydrolysis) is 1. The number of ether oxygens (including phenoxy) is 1. The molecule has 0 fully saturated rings. The van der Waals surface area contributed by atoms with E-state index in [0.29, 0.717) is 0 Å². The zero-order chi connectivity index (χ0) is 22.4. The second-order valence-corrected chi connectivity index (χ2v) is 7.35. The first-order valence-corrected chi connectivity index (χ1v) is 10.2. The third-order valence-electron chi connectivity index (χ3n) is 5.38. The molecule has 0 saturated carbocycles. The summed E-state index contributed by atoms with van der Waals surface area (Å²) in [7, 11) is 0. The van der Waals surface area contributed by atoms with Crippen LogP contribution in [0.15, 0.2) is 61.2 Å². The van der Waals surface area contributed by atoms with E-state index in [1.54, 1.807) is 6.92 Å². The van der Waals surface area contributed by atoms with E-state index in [0.717, 1.165) is 22.3 Å². The molecule has 0 saturated heterocycles. The quantitative estimate of drug-likeness (QED) is 0.537. The van der Waals surface area contributed by atoms with E-state index >= 15 is 0 Å². The third kappa shape index (κ3) is 4.94. The highest BCUT2D eigenvalue weighted by molar-refractivity contribution is 5.89. The summed E-state index contributed by atoms with van der Waals surface area (Å²) in [5, 5.41) is 14.1. The maximum absolute atomic E-state index is 12.4. The lowest BCUT2D eigenvalue weighted by atomic mass is 9.98. The number of hydrogen-bond donors (Lipinski definition) is 3. The Morgan fingerprint density at radius 3 is 2.13 bits per heavy atom. The number of nitrogens with one attached hydrogen (secondary N) is 2. The van der Waals surface area contributed by atoms with E-state index in [1.165, 1.54) is 6.08 Å². The van der Waals surface area contributed by atoms with Crippen LogP contribution in [0, 0.1) is 0 Å². The molecular formula is C24H26N2O5. The Morgan fingerprint density at radius 2 is 1.61 bits per heavy atom. The molecule has 162 valence electrons. The number of hydrogen-bond acceptors (Lipinski definition) is 4. The fourth-order valence-corrected chi connectivity index (χ4v) is 3.80. The molecule has 7 nitrogen and oxygen atoms in total. The van der Waals surface area contributed by atoms with E-state index in [1.807, 2.05) is 48.5 Å². The molecule has 1 aliphatic rings. The molecule has 0 heterocycles.